The van der Waals surface area contributed by atoms with E-state index >= 15 is 0 Å². The minimum atomic E-state index is -0.345. The van der Waals surface area contributed by atoms with Gasteiger partial charge in [-0.3, -0.25) is 0 Å². The van der Waals surface area contributed by atoms with Crippen LogP contribution in [0.2, 0.25) is 0 Å². The molecule has 0 saturated carbocycles. The Morgan fingerprint density at radius 2 is 2.30 bits per heavy atom. The SMILES string of the molecule is COC(=O)c1ccc2c(c1)SN=CC1=C2C(=S)CC=C1. The van der Waals surface area contributed by atoms with E-state index in [-0.39, 0.29) is 5.97 Å². The molecule has 0 bridgehead atoms. The summed E-state index contributed by atoms with van der Waals surface area (Å²) in [6.45, 7) is 0. The summed E-state index contributed by atoms with van der Waals surface area (Å²) in [6.07, 6.45) is 6.68. The van der Waals surface area contributed by atoms with E-state index in [2.05, 4.69) is 4.40 Å². The molecule has 100 valence electrons. The number of hydrogen-bond acceptors (Lipinski definition) is 5. The lowest BCUT2D eigenvalue weighted by atomic mass is 9.91. The van der Waals surface area contributed by atoms with Gasteiger partial charge in [-0.2, -0.15) is 0 Å². The van der Waals surface area contributed by atoms with Gasteiger partial charge in [-0.25, -0.2) is 9.19 Å². The highest BCUT2D eigenvalue weighted by Crippen LogP contribution is 2.37. The second-order valence-electron chi connectivity index (χ2n) is 4.39. The molecule has 3 nitrogen and oxygen atoms in total. The van der Waals surface area contributed by atoms with Crippen LogP contribution in [0.5, 0.6) is 0 Å². The van der Waals surface area contributed by atoms with Crippen molar-refractivity contribution in [2.75, 3.05) is 7.11 Å². The molecular formula is C15H11NO2S2. The molecule has 0 fully saturated rings. The topological polar surface area (TPSA) is 38.7 Å². The highest BCUT2D eigenvalue weighted by molar-refractivity contribution is 7.98. The van der Waals surface area contributed by atoms with E-state index in [0.717, 1.165) is 32.9 Å². The van der Waals surface area contributed by atoms with Gasteiger partial charge in [0.05, 0.1) is 12.7 Å². The number of esters is 1. The van der Waals surface area contributed by atoms with E-state index in [0.29, 0.717) is 5.56 Å². The third-order valence-electron chi connectivity index (χ3n) is 3.18. The van der Waals surface area contributed by atoms with Gasteiger partial charge < -0.3 is 4.74 Å². The van der Waals surface area contributed by atoms with Gasteiger partial charge in [-0.1, -0.05) is 30.4 Å². The Labute approximate surface area is 126 Å². The third-order valence-corrected chi connectivity index (χ3v) is 4.30. The van der Waals surface area contributed by atoms with Crippen molar-refractivity contribution in [2.24, 2.45) is 4.40 Å². The summed E-state index contributed by atoms with van der Waals surface area (Å²) >= 11 is 6.82. The van der Waals surface area contributed by atoms with Gasteiger partial charge in [-0.15, -0.1) is 0 Å². The fourth-order valence-electron chi connectivity index (χ4n) is 2.24. The molecule has 1 heterocycles. The standard InChI is InChI=1S/C15H11NO2S2/c1-18-15(17)9-5-6-11-13(7-9)20-16-8-10-3-2-4-12(19)14(10)11/h2-3,5-8H,4H2,1H3. The lowest BCUT2D eigenvalue weighted by molar-refractivity contribution is 0.0600. The summed E-state index contributed by atoms with van der Waals surface area (Å²) in [5, 5.41) is 0. The van der Waals surface area contributed by atoms with Gasteiger partial charge in [0.25, 0.3) is 0 Å². The number of hydrogen-bond donors (Lipinski definition) is 0. The molecule has 5 heteroatoms. The third kappa shape index (κ3) is 2.23. The number of benzene rings is 1. The van der Waals surface area contributed by atoms with Crippen LogP contribution in [0.3, 0.4) is 0 Å². The van der Waals surface area contributed by atoms with Crippen molar-refractivity contribution < 1.29 is 9.53 Å². The summed E-state index contributed by atoms with van der Waals surface area (Å²) < 4.78 is 9.08. The highest BCUT2D eigenvalue weighted by atomic mass is 32.2. The lowest BCUT2D eigenvalue weighted by Crippen LogP contribution is -2.07. The smallest absolute Gasteiger partial charge is 0.337 e. The maximum Gasteiger partial charge on any atom is 0.337 e. The van der Waals surface area contributed by atoms with Crippen molar-refractivity contribution in [3.8, 4) is 0 Å². The van der Waals surface area contributed by atoms with Gasteiger partial charge in [-0.05, 0) is 17.7 Å². The highest BCUT2D eigenvalue weighted by Gasteiger charge is 2.21. The quantitative estimate of drug-likeness (QED) is 0.451. The number of thiocarbonyl (C=S) groups is 1. The first kappa shape index (κ1) is 13.3. The zero-order valence-corrected chi connectivity index (χ0v) is 12.4. The molecule has 3 rings (SSSR count). The van der Waals surface area contributed by atoms with Crippen molar-refractivity contribution in [1.29, 1.82) is 0 Å². The number of fused-ring (bicyclic) bond motifs is 2. The predicted molar refractivity (Wildman–Crippen MR) is 85.4 cm³/mol. The number of nitrogens with zero attached hydrogens (tertiary/aromatic N) is 1. The number of ether oxygens (including phenoxy) is 1. The van der Waals surface area contributed by atoms with Crippen LogP contribution in [0.1, 0.15) is 22.3 Å². The van der Waals surface area contributed by atoms with E-state index in [4.69, 9.17) is 17.0 Å². The normalized spacial score (nSPS) is 16.6. The Balaban J connectivity index is 2.16. The van der Waals surface area contributed by atoms with Crippen LogP contribution < -0.4 is 0 Å². The van der Waals surface area contributed by atoms with E-state index < -0.39 is 0 Å². The number of carbonyl (C=O) groups excluding carboxylic acids is 1. The Bertz CT molecular complexity index is 702. The molecule has 1 aromatic rings. The molecule has 0 amide bonds. The number of rotatable bonds is 1. The molecule has 20 heavy (non-hydrogen) atoms. The maximum atomic E-state index is 11.6. The van der Waals surface area contributed by atoms with Crippen molar-refractivity contribution in [1.82, 2.24) is 0 Å². The second-order valence-corrected chi connectivity index (χ2v) is 5.71. The molecule has 2 aliphatic rings. The van der Waals surface area contributed by atoms with Crippen molar-refractivity contribution in [2.45, 2.75) is 11.3 Å². The van der Waals surface area contributed by atoms with Crippen LogP contribution in [0.4, 0.5) is 0 Å². The number of carbonyl (C=O) groups is 1. The van der Waals surface area contributed by atoms with Gasteiger partial charge in [0.15, 0.2) is 0 Å². The molecule has 0 aromatic heterocycles. The molecule has 0 radical (unpaired) electrons. The van der Waals surface area contributed by atoms with E-state index in [1.54, 1.807) is 12.1 Å². The van der Waals surface area contributed by atoms with Crippen molar-refractivity contribution in [3.63, 3.8) is 0 Å². The zero-order valence-electron chi connectivity index (χ0n) is 10.8. The Hall–Kier alpha value is -1.72. The van der Waals surface area contributed by atoms with Crippen LogP contribution >= 0.6 is 24.2 Å². The van der Waals surface area contributed by atoms with Crippen molar-refractivity contribution >= 4 is 46.8 Å². The van der Waals surface area contributed by atoms with Crippen LogP contribution in [0, 0.1) is 0 Å². The summed E-state index contributed by atoms with van der Waals surface area (Å²) in [6, 6.07) is 5.49. The molecule has 0 saturated heterocycles. The van der Waals surface area contributed by atoms with Crippen LogP contribution in [-0.2, 0) is 4.74 Å². The monoisotopic (exact) mass is 301 g/mol. The van der Waals surface area contributed by atoms with E-state index in [1.165, 1.54) is 19.1 Å². The Morgan fingerprint density at radius 1 is 1.45 bits per heavy atom. The molecule has 0 N–H and O–H groups in total. The fourth-order valence-corrected chi connectivity index (χ4v) is 3.29. The summed E-state index contributed by atoms with van der Waals surface area (Å²) in [5.74, 6) is -0.345. The molecule has 1 aliphatic carbocycles. The second kappa shape index (κ2) is 5.34. The van der Waals surface area contributed by atoms with Crippen LogP contribution in [0.15, 0.2) is 45.2 Å². The largest absolute Gasteiger partial charge is 0.465 e. The average Bonchev–Trinajstić information content (AvgIpc) is 2.65. The molecule has 1 aromatic carbocycles. The Morgan fingerprint density at radius 3 is 3.10 bits per heavy atom. The maximum absolute atomic E-state index is 11.6. The summed E-state index contributed by atoms with van der Waals surface area (Å²) in [5.41, 5.74) is 3.63. The molecule has 0 unspecified atom stereocenters. The minimum Gasteiger partial charge on any atom is -0.465 e. The zero-order chi connectivity index (χ0) is 14.1. The summed E-state index contributed by atoms with van der Waals surface area (Å²) in [4.78, 5) is 13.4. The number of methoxy groups -OCH3 is 1. The molecule has 0 atom stereocenters. The Kier molecular flexibility index (Phi) is 3.54. The van der Waals surface area contributed by atoms with Gasteiger partial charge >= 0.3 is 5.97 Å². The minimum absolute atomic E-state index is 0.345. The predicted octanol–water partition coefficient (Wildman–Crippen LogP) is 3.65. The van der Waals surface area contributed by atoms with Gasteiger partial charge in [0.1, 0.15) is 0 Å². The lowest BCUT2D eigenvalue weighted by Gasteiger charge is -2.15. The van der Waals surface area contributed by atoms with Gasteiger partial charge in [0, 0.05) is 45.5 Å². The molecule has 0 spiro atoms. The first-order valence-electron chi connectivity index (χ1n) is 6.08. The van der Waals surface area contributed by atoms with Gasteiger partial charge in [0.2, 0.25) is 0 Å². The first-order chi connectivity index (χ1) is 9.70. The first-order valence-corrected chi connectivity index (χ1v) is 7.26. The van der Waals surface area contributed by atoms with Crippen LogP contribution in [-0.4, -0.2) is 24.2 Å². The van der Waals surface area contributed by atoms with E-state index in [9.17, 15) is 4.79 Å². The molecular weight excluding hydrogens is 290 g/mol. The average molecular weight is 301 g/mol. The van der Waals surface area contributed by atoms with Crippen molar-refractivity contribution in [3.05, 3.63) is 47.1 Å². The fraction of sp³-hybridized carbons (Fsp3) is 0.133. The van der Waals surface area contributed by atoms with E-state index in [1.807, 2.05) is 24.4 Å². The summed E-state index contributed by atoms with van der Waals surface area (Å²) in [7, 11) is 1.38. The molecule has 1 aliphatic heterocycles. The van der Waals surface area contributed by atoms with Crippen LogP contribution in [0.25, 0.3) is 5.57 Å². The number of allylic oxidation sites excluding steroid dienone is 4.